The van der Waals surface area contributed by atoms with Gasteiger partial charge in [0, 0.05) is 28.4 Å². The maximum atomic E-state index is 13.6. The summed E-state index contributed by atoms with van der Waals surface area (Å²) in [5.41, 5.74) is 3.98. The zero-order chi connectivity index (χ0) is 23.2. The van der Waals surface area contributed by atoms with E-state index >= 15 is 0 Å². The van der Waals surface area contributed by atoms with Gasteiger partial charge in [0.15, 0.2) is 10.9 Å². The van der Waals surface area contributed by atoms with Crippen LogP contribution in [0.1, 0.15) is 38.5 Å². The van der Waals surface area contributed by atoms with Crippen LogP contribution in [-0.2, 0) is 4.79 Å². The smallest absolute Gasteiger partial charge is 0.178 e. The van der Waals surface area contributed by atoms with E-state index in [0.717, 1.165) is 29.2 Å². The van der Waals surface area contributed by atoms with Crippen molar-refractivity contribution in [3.05, 3.63) is 89.0 Å². The van der Waals surface area contributed by atoms with Crippen molar-refractivity contribution in [2.24, 2.45) is 5.41 Å². The van der Waals surface area contributed by atoms with E-state index in [1.165, 1.54) is 0 Å². The van der Waals surface area contributed by atoms with Gasteiger partial charge in [-0.3, -0.25) is 4.79 Å². The van der Waals surface area contributed by atoms with E-state index in [4.69, 9.17) is 28.2 Å². The monoisotopic (exact) mass is 477 g/mol. The summed E-state index contributed by atoms with van der Waals surface area (Å²) in [6.45, 7) is 4.25. The minimum absolute atomic E-state index is 0.0958. The molecule has 5 nitrogen and oxygen atoms in total. The van der Waals surface area contributed by atoms with Gasteiger partial charge in [0.25, 0.3) is 0 Å². The Hall–Kier alpha value is -3.09. The first kappa shape index (κ1) is 21.7. The SMILES string of the molecule is CC1(C)CC(=O)C2=C(C1)Nc1ccccc1N(C(=S)Nc1cccc(Cl)c1)[C@@H]2c1ccco1. The van der Waals surface area contributed by atoms with E-state index in [-0.39, 0.29) is 11.2 Å². The van der Waals surface area contributed by atoms with Gasteiger partial charge < -0.3 is 20.0 Å². The third-order valence-corrected chi connectivity index (χ3v) is 6.54. The van der Waals surface area contributed by atoms with Crippen LogP contribution in [0, 0.1) is 5.41 Å². The molecule has 2 heterocycles. The number of rotatable bonds is 2. The largest absolute Gasteiger partial charge is 0.467 e. The fraction of sp³-hybridized carbons (Fsp3) is 0.231. The van der Waals surface area contributed by atoms with Crippen molar-refractivity contribution in [3.63, 3.8) is 0 Å². The lowest BCUT2D eigenvalue weighted by molar-refractivity contribution is -0.118. The molecule has 3 aromatic rings. The van der Waals surface area contributed by atoms with E-state index in [0.29, 0.717) is 27.9 Å². The van der Waals surface area contributed by atoms with Crippen molar-refractivity contribution in [1.29, 1.82) is 0 Å². The Morgan fingerprint density at radius 1 is 1.15 bits per heavy atom. The summed E-state index contributed by atoms with van der Waals surface area (Å²) >= 11 is 12.1. The summed E-state index contributed by atoms with van der Waals surface area (Å²) < 4.78 is 5.88. The first-order valence-electron chi connectivity index (χ1n) is 10.8. The molecule has 1 atom stereocenters. The van der Waals surface area contributed by atoms with Crippen molar-refractivity contribution in [3.8, 4) is 0 Å². The summed E-state index contributed by atoms with van der Waals surface area (Å²) in [6, 6.07) is 18.6. The van der Waals surface area contributed by atoms with Gasteiger partial charge in [-0.15, -0.1) is 0 Å². The second kappa shape index (κ2) is 8.36. The molecule has 1 aliphatic carbocycles. The number of ketones is 1. The van der Waals surface area contributed by atoms with E-state index in [1.807, 2.05) is 65.6 Å². The molecule has 0 radical (unpaired) electrons. The Bertz CT molecular complexity index is 1270. The highest BCUT2D eigenvalue weighted by Gasteiger charge is 2.43. The first-order valence-corrected chi connectivity index (χ1v) is 11.6. The number of nitrogens with one attached hydrogen (secondary N) is 2. The second-order valence-electron chi connectivity index (χ2n) is 9.20. The van der Waals surface area contributed by atoms with Crippen LogP contribution in [0.2, 0.25) is 5.02 Å². The number of hydrogen-bond donors (Lipinski definition) is 2. The number of hydrogen-bond acceptors (Lipinski definition) is 4. The average Bonchev–Trinajstić information content (AvgIpc) is 3.22. The zero-order valence-electron chi connectivity index (χ0n) is 18.4. The molecule has 7 heteroatoms. The summed E-state index contributed by atoms with van der Waals surface area (Å²) in [5, 5.41) is 7.93. The third-order valence-electron chi connectivity index (χ3n) is 6.01. The Balaban J connectivity index is 1.69. The van der Waals surface area contributed by atoms with Crippen LogP contribution >= 0.6 is 23.8 Å². The second-order valence-corrected chi connectivity index (χ2v) is 10.0. The number of carbonyl (C=O) groups excluding carboxylic acids is 1. The Morgan fingerprint density at radius 3 is 2.73 bits per heavy atom. The van der Waals surface area contributed by atoms with E-state index in [2.05, 4.69) is 24.5 Å². The van der Waals surface area contributed by atoms with E-state index in [1.54, 1.807) is 6.26 Å². The highest BCUT2D eigenvalue weighted by Crippen LogP contribution is 2.48. The van der Waals surface area contributed by atoms with Gasteiger partial charge >= 0.3 is 0 Å². The fourth-order valence-corrected chi connectivity index (χ4v) is 5.19. The van der Waals surface area contributed by atoms with Gasteiger partial charge in [0.2, 0.25) is 0 Å². The molecule has 1 aliphatic heterocycles. The minimum Gasteiger partial charge on any atom is -0.467 e. The normalized spacial score (nSPS) is 19.3. The van der Waals surface area contributed by atoms with Gasteiger partial charge in [-0.2, -0.15) is 0 Å². The molecule has 0 bridgehead atoms. The van der Waals surface area contributed by atoms with Crippen LogP contribution in [0.4, 0.5) is 17.1 Å². The molecule has 2 aliphatic rings. The molecular formula is C26H24ClN3O2S. The molecule has 0 unspecified atom stereocenters. The standard InChI is InChI=1S/C26H24ClN3O2S/c1-26(2)14-19-23(21(31)15-26)24(22-11-6-12-32-22)30(20-10-4-3-9-18(20)29-19)25(33)28-17-8-5-7-16(27)13-17/h3-13,24,29H,14-15H2,1-2H3,(H,28,33)/t24-/m1/s1. The first-order chi connectivity index (χ1) is 15.8. The zero-order valence-corrected chi connectivity index (χ0v) is 20.0. The van der Waals surface area contributed by atoms with Crippen molar-refractivity contribution in [2.45, 2.75) is 32.7 Å². The predicted molar refractivity (Wildman–Crippen MR) is 137 cm³/mol. The lowest BCUT2D eigenvalue weighted by Gasteiger charge is -2.37. The van der Waals surface area contributed by atoms with Crippen molar-refractivity contribution >= 4 is 51.8 Å². The molecule has 2 N–H and O–H groups in total. The maximum Gasteiger partial charge on any atom is 0.178 e. The summed E-state index contributed by atoms with van der Waals surface area (Å²) in [4.78, 5) is 15.5. The molecule has 33 heavy (non-hydrogen) atoms. The number of thiocarbonyl (C=S) groups is 1. The number of allylic oxidation sites excluding steroid dienone is 1. The molecule has 0 saturated carbocycles. The topological polar surface area (TPSA) is 57.5 Å². The summed E-state index contributed by atoms with van der Waals surface area (Å²) in [6.07, 6.45) is 2.84. The Kier molecular flexibility index (Phi) is 5.51. The number of benzene rings is 2. The molecule has 168 valence electrons. The highest BCUT2D eigenvalue weighted by molar-refractivity contribution is 7.80. The number of anilines is 3. The molecule has 0 amide bonds. The molecule has 0 spiro atoms. The van der Waals surface area contributed by atoms with Gasteiger partial charge in [0.1, 0.15) is 11.8 Å². The lowest BCUT2D eigenvalue weighted by Crippen LogP contribution is -2.41. The van der Waals surface area contributed by atoms with Gasteiger partial charge in [-0.1, -0.05) is 43.6 Å². The van der Waals surface area contributed by atoms with Gasteiger partial charge in [-0.05, 0) is 66.5 Å². The van der Waals surface area contributed by atoms with E-state index in [9.17, 15) is 4.79 Å². The van der Waals surface area contributed by atoms with Crippen LogP contribution in [0.3, 0.4) is 0 Å². The van der Waals surface area contributed by atoms with Crippen molar-refractivity contribution in [2.75, 3.05) is 15.5 Å². The Labute approximate surface area is 203 Å². The van der Waals surface area contributed by atoms with E-state index < -0.39 is 6.04 Å². The van der Waals surface area contributed by atoms with Crippen molar-refractivity contribution in [1.82, 2.24) is 0 Å². The molecule has 1 aromatic heterocycles. The Morgan fingerprint density at radius 2 is 1.97 bits per heavy atom. The van der Waals surface area contributed by atoms with Gasteiger partial charge in [-0.25, -0.2) is 0 Å². The van der Waals surface area contributed by atoms with Gasteiger partial charge in [0.05, 0.1) is 17.6 Å². The van der Waals surface area contributed by atoms with Crippen LogP contribution in [0.5, 0.6) is 0 Å². The lowest BCUT2D eigenvalue weighted by atomic mass is 9.74. The van der Waals surface area contributed by atoms with Crippen LogP contribution < -0.4 is 15.5 Å². The molecule has 2 aromatic carbocycles. The summed E-state index contributed by atoms with van der Waals surface area (Å²) in [5.74, 6) is 0.753. The number of halogens is 1. The quantitative estimate of drug-likeness (QED) is 0.389. The average molecular weight is 478 g/mol. The number of para-hydroxylation sites is 2. The predicted octanol–water partition coefficient (Wildman–Crippen LogP) is 6.95. The molecular weight excluding hydrogens is 454 g/mol. The molecule has 5 rings (SSSR count). The third kappa shape index (κ3) is 4.16. The minimum atomic E-state index is -0.506. The van der Waals surface area contributed by atoms with Crippen LogP contribution in [0.15, 0.2) is 82.6 Å². The number of furan rings is 1. The number of fused-ring (bicyclic) bond motifs is 1. The highest BCUT2D eigenvalue weighted by atomic mass is 35.5. The fourth-order valence-electron chi connectivity index (χ4n) is 4.68. The number of nitrogens with zero attached hydrogens (tertiary/aromatic N) is 1. The van der Waals surface area contributed by atoms with Crippen LogP contribution in [0.25, 0.3) is 0 Å². The maximum absolute atomic E-state index is 13.6. The molecule has 0 fully saturated rings. The number of Topliss-reactive ketones (excluding diaryl/α,β-unsaturated/α-hetero) is 1. The van der Waals surface area contributed by atoms with Crippen LogP contribution in [-0.4, -0.2) is 10.9 Å². The van der Waals surface area contributed by atoms with Crippen molar-refractivity contribution < 1.29 is 9.21 Å². The summed E-state index contributed by atoms with van der Waals surface area (Å²) in [7, 11) is 0. The number of carbonyl (C=O) groups is 1. The molecule has 0 saturated heterocycles.